The molecule has 1 aliphatic heterocycles. The number of aryl methyl sites for hydroxylation is 3. The summed E-state index contributed by atoms with van der Waals surface area (Å²) in [6.07, 6.45) is 0. The molecule has 0 aliphatic carbocycles. The highest BCUT2D eigenvalue weighted by Crippen LogP contribution is 2.22. The van der Waals surface area contributed by atoms with E-state index in [1.165, 1.54) is 11.3 Å². The summed E-state index contributed by atoms with van der Waals surface area (Å²) >= 11 is 0. The summed E-state index contributed by atoms with van der Waals surface area (Å²) in [7, 11) is 0. The number of rotatable bonds is 4. The molecule has 1 atom stereocenters. The minimum Gasteiger partial charge on any atom is -0.366 e. The van der Waals surface area contributed by atoms with Crippen LogP contribution in [0.2, 0.25) is 0 Å². The first-order valence-corrected chi connectivity index (χ1v) is 9.36. The van der Waals surface area contributed by atoms with E-state index >= 15 is 0 Å². The standard InChI is InChI=1S/C22H29N3O/c1-16-8-10-20(11-9-16)25-13-12-24(14-19(25)4)15-21(26)23-22-17(2)6-5-7-18(22)3/h5-11,19H,12-15H2,1-4H3,(H,23,26)/t19-/m1/s1. The van der Waals surface area contributed by atoms with Gasteiger partial charge in [0.1, 0.15) is 0 Å². The highest BCUT2D eigenvalue weighted by atomic mass is 16.2. The second-order valence-corrected chi connectivity index (χ2v) is 7.43. The van der Waals surface area contributed by atoms with E-state index in [4.69, 9.17) is 0 Å². The first-order valence-electron chi connectivity index (χ1n) is 9.36. The first kappa shape index (κ1) is 18.5. The number of carbonyl (C=O) groups excluding carboxylic acids is 1. The lowest BCUT2D eigenvalue weighted by Gasteiger charge is -2.41. The van der Waals surface area contributed by atoms with E-state index in [0.29, 0.717) is 12.6 Å². The third-order valence-corrected chi connectivity index (χ3v) is 5.19. The Morgan fingerprint density at radius 1 is 1.04 bits per heavy atom. The molecule has 1 aliphatic rings. The molecule has 1 fully saturated rings. The van der Waals surface area contributed by atoms with Crippen molar-refractivity contribution in [2.75, 3.05) is 36.4 Å². The van der Waals surface area contributed by atoms with Crippen LogP contribution in [0.4, 0.5) is 11.4 Å². The fourth-order valence-corrected chi connectivity index (χ4v) is 3.69. The molecule has 0 radical (unpaired) electrons. The van der Waals surface area contributed by atoms with Crippen molar-refractivity contribution in [2.24, 2.45) is 0 Å². The minimum absolute atomic E-state index is 0.0679. The third kappa shape index (κ3) is 4.25. The molecule has 0 spiro atoms. The quantitative estimate of drug-likeness (QED) is 0.911. The van der Waals surface area contributed by atoms with Crippen LogP contribution in [-0.4, -0.2) is 43.0 Å². The highest BCUT2D eigenvalue weighted by molar-refractivity contribution is 5.93. The topological polar surface area (TPSA) is 35.6 Å². The van der Waals surface area contributed by atoms with Gasteiger partial charge in [0.2, 0.25) is 5.91 Å². The predicted molar refractivity (Wildman–Crippen MR) is 109 cm³/mol. The Morgan fingerprint density at radius 3 is 2.31 bits per heavy atom. The molecule has 2 aromatic rings. The summed E-state index contributed by atoms with van der Waals surface area (Å²) in [5.41, 5.74) is 5.71. The van der Waals surface area contributed by atoms with Crippen LogP contribution in [0.1, 0.15) is 23.6 Å². The van der Waals surface area contributed by atoms with Crippen LogP contribution in [0.3, 0.4) is 0 Å². The van der Waals surface area contributed by atoms with Crippen LogP contribution < -0.4 is 10.2 Å². The van der Waals surface area contributed by atoms with Crippen molar-refractivity contribution < 1.29 is 4.79 Å². The molecule has 0 unspecified atom stereocenters. The van der Waals surface area contributed by atoms with Gasteiger partial charge in [-0.15, -0.1) is 0 Å². The zero-order chi connectivity index (χ0) is 18.7. The third-order valence-electron chi connectivity index (χ3n) is 5.19. The Morgan fingerprint density at radius 2 is 1.69 bits per heavy atom. The monoisotopic (exact) mass is 351 g/mol. The van der Waals surface area contributed by atoms with Crippen molar-refractivity contribution in [1.29, 1.82) is 0 Å². The van der Waals surface area contributed by atoms with Crippen molar-refractivity contribution in [3.8, 4) is 0 Å². The number of hydrogen-bond acceptors (Lipinski definition) is 3. The van der Waals surface area contributed by atoms with Gasteiger partial charge in [0.05, 0.1) is 6.54 Å². The number of anilines is 2. The molecule has 1 saturated heterocycles. The molecule has 1 N–H and O–H groups in total. The van der Waals surface area contributed by atoms with Crippen molar-refractivity contribution in [3.05, 3.63) is 59.2 Å². The van der Waals surface area contributed by atoms with Crippen molar-refractivity contribution in [1.82, 2.24) is 4.90 Å². The van der Waals surface area contributed by atoms with Crippen molar-refractivity contribution >= 4 is 17.3 Å². The molecule has 26 heavy (non-hydrogen) atoms. The number of benzene rings is 2. The number of piperazine rings is 1. The Labute approximate surface area is 156 Å². The Kier molecular flexibility index (Phi) is 5.62. The molecule has 3 rings (SSSR count). The second-order valence-electron chi connectivity index (χ2n) is 7.43. The van der Waals surface area contributed by atoms with E-state index in [0.717, 1.165) is 36.4 Å². The summed E-state index contributed by atoms with van der Waals surface area (Å²) in [5, 5.41) is 3.10. The summed E-state index contributed by atoms with van der Waals surface area (Å²) in [4.78, 5) is 17.2. The van der Waals surface area contributed by atoms with E-state index in [9.17, 15) is 4.79 Å². The van der Waals surface area contributed by atoms with Crippen molar-refractivity contribution in [2.45, 2.75) is 33.7 Å². The minimum atomic E-state index is 0.0679. The van der Waals surface area contributed by atoms with Gasteiger partial charge in [-0.1, -0.05) is 35.9 Å². The van der Waals surface area contributed by atoms with Crippen LogP contribution in [0.5, 0.6) is 0 Å². The summed E-state index contributed by atoms with van der Waals surface area (Å²) in [6.45, 7) is 11.6. The molecule has 0 saturated carbocycles. The summed E-state index contributed by atoms with van der Waals surface area (Å²) in [5.74, 6) is 0.0679. The molecular weight excluding hydrogens is 322 g/mol. The maximum atomic E-state index is 12.5. The maximum absolute atomic E-state index is 12.5. The highest BCUT2D eigenvalue weighted by Gasteiger charge is 2.25. The summed E-state index contributed by atoms with van der Waals surface area (Å²) in [6, 6.07) is 15.2. The van der Waals surface area contributed by atoms with E-state index in [1.54, 1.807) is 0 Å². The molecule has 138 valence electrons. The molecular formula is C22H29N3O. The Hall–Kier alpha value is -2.33. The fourth-order valence-electron chi connectivity index (χ4n) is 3.69. The lowest BCUT2D eigenvalue weighted by molar-refractivity contribution is -0.117. The zero-order valence-corrected chi connectivity index (χ0v) is 16.2. The molecule has 4 nitrogen and oxygen atoms in total. The SMILES string of the molecule is Cc1ccc(N2CCN(CC(=O)Nc3c(C)cccc3C)C[C@H]2C)cc1. The van der Waals surface area contributed by atoms with Crippen LogP contribution >= 0.6 is 0 Å². The van der Waals surface area contributed by atoms with Gasteiger partial charge in [-0.25, -0.2) is 0 Å². The normalized spacial score (nSPS) is 18.0. The van der Waals surface area contributed by atoms with Gasteiger partial charge in [0.15, 0.2) is 0 Å². The van der Waals surface area contributed by atoms with Gasteiger partial charge in [0, 0.05) is 37.1 Å². The molecule has 4 heteroatoms. The van der Waals surface area contributed by atoms with Crippen LogP contribution in [-0.2, 0) is 4.79 Å². The molecule has 0 bridgehead atoms. The number of para-hydroxylation sites is 1. The van der Waals surface area contributed by atoms with Crippen molar-refractivity contribution in [3.63, 3.8) is 0 Å². The first-order chi connectivity index (χ1) is 12.4. The number of nitrogens with zero attached hydrogens (tertiary/aromatic N) is 2. The second kappa shape index (κ2) is 7.92. The summed E-state index contributed by atoms with van der Waals surface area (Å²) < 4.78 is 0. The zero-order valence-electron chi connectivity index (χ0n) is 16.2. The number of carbonyl (C=O) groups is 1. The molecule has 0 aromatic heterocycles. The van der Waals surface area contributed by atoms with Gasteiger partial charge >= 0.3 is 0 Å². The van der Waals surface area contributed by atoms with E-state index in [-0.39, 0.29) is 5.91 Å². The average Bonchev–Trinajstić information content (AvgIpc) is 2.59. The van der Waals surface area contributed by atoms with Gasteiger partial charge in [-0.3, -0.25) is 9.69 Å². The van der Waals surface area contributed by atoms with Gasteiger partial charge in [-0.05, 0) is 51.0 Å². The van der Waals surface area contributed by atoms with Crippen LogP contribution in [0.25, 0.3) is 0 Å². The Bertz CT molecular complexity index is 749. The molecule has 2 aromatic carbocycles. The molecule has 1 heterocycles. The average molecular weight is 351 g/mol. The van der Waals surface area contributed by atoms with E-state index < -0.39 is 0 Å². The predicted octanol–water partition coefficient (Wildman–Crippen LogP) is 3.76. The van der Waals surface area contributed by atoms with Crippen LogP contribution in [0, 0.1) is 20.8 Å². The van der Waals surface area contributed by atoms with E-state index in [2.05, 4.69) is 53.2 Å². The molecule has 1 amide bonds. The lowest BCUT2D eigenvalue weighted by atomic mass is 10.1. The lowest BCUT2D eigenvalue weighted by Crippen LogP contribution is -2.53. The Balaban J connectivity index is 1.57. The number of nitrogens with one attached hydrogen (secondary N) is 1. The number of hydrogen-bond donors (Lipinski definition) is 1. The maximum Gasteiger partial charge on any atom is 0.238 e. The van der Waals surface area contributed by atoms with Gasteiger partial charge in [-0.2, -0.15) is 0 Å². The fraction of sp³-hybridized carbons (Fsp3) is 0.409. The smallest absolute Gasteiger partial charge is 0.238 e. The largest absolute Gasteiger partial charge is 0.366 e. The number of amides is 1. The van der Waals surface area contributed by atoms with E-state index in [1.807, 2.05) is 32.0 Å². The van der Waals surface area contributed by atoms with Crippen LogP contribution in [0.15, 0.2) is 42.5 Å². The van der Waals surface area contributed by atoms with Gasteiger partial charge < -0.3 is 10.2 Å². The van der Waals surface area contributed by atoms with Gasteiger partial charge in [0.25, 0.3) is 0 Å².